The lowest BCUT2D eigenvalue weighted by atomic mass is 10.0. The van der Waals surface area contributed by atoms with Crippen LogP contribution in [0.2, 0.25) is 5.15 Å². The number of hydrogen-bond acceptors (Lipinski definition) is 2. The summed E-state index contributed by atoms with van der Waals surface area (Å²) in [6.07, 6.45) is 9.90. The molecule has 1 unspecified atom stereocenters. The predicted octanol–water partition coefficient (Wildman–Crippen LogP) is 2.93. The van der Waals surface area contributed by atoms with Gasteiger partial charge in [0.2, 0.25) is 0 Å². The molecule has 1 aliphatic carbocycles. The minimum atomic E-state index is 0.495. The average Bonchev–Trinajstić information content (AvgIpc) is 2.29. The topological polar surface area (TPSA) is 24.9 Å². The highest BCUT2D eigenvalue weighted by Gasteiger charge is 2.08. The van der Waals surface area contributed by atoms with Crippen LogP contribution in [0, 0.1) is 0 Å². The van der Waals surface area contributed by atoms with Gasteiger partial charge in [0.1, 0.15) is 5.15 Å². The van der Waals surface area contributed by atoms with Crippen LogP contribution in [-0.2, 0) is 6.54 Å². The molecule has 0 amide bonds. The second-order valence-corrected chi connectivity index (χ2v) is 4.16. The van der Waals surface area contributed by atoms with E-state index in [1.165, 1.54) is 19.3 Å². The Bertz CT molecular complexity index is 349. The second-order valence-electron chi connectivity index (χ2n) is 3.80. The highest BCUT2D eigenvalue weighted by Crippen LogP contribution is 2.14. The maximum atomic E-state index is 5.97. The van der Waals surface area contributed by atoms with Gasteiger partial charge >= 0.3 is 0 Å². The third-order valence-corrected chi connectivity index (χ3v) is 2.99. The Hall–Kier alpha value is -0.860. The minimum Gasteiger partial charge on any atom is -0.306 e. The molecular weight excluding hydrogens is 208 g/mol. The zero-order chi connectivity index (χ0) is 10.5. The monoisotopic (exact) mass is 222 g/mol. The van der Waals surface area contributed by atoms with Crippen LogP contribution in [0.5, 0.6) is 0 Å². The van der Waals surface area contributed by atoms with Gasteiger partial charge in [0.25, 0.3) is 0 Å². The van der Waals surface area contributed by atoms with E-state index in [1.807, 2.05) is 12.1 Å². The third-order valence-electron chi connectivity index (χ3n) is 2.65. The fourth-order valence-corrected chi connectivity index (χ4v) is 1.96. The molecule has 0 bridgehead atoms. The summed E-state index contributed by atoms with van der Waals surface area (Å²) >= 11 is 5.97. The molecule has 1 aromatic rings. The van der Waals surface area contributed by atoms with Gasteiger partial charge in [-0.2, -0.15) is 0 Å². The quantitative estimate of drug-likeness (QED) is 0.629. The fourth-order valence-electron chi connectivity index (χ4n) is 1.77. The first-order chi connectivity index (χ1) is 7.36. The van der Waals surface area contributed by atoms with E-state index in [0.717, 1.165) is 12.1 Å². The maximum Gasteiger partial charge on any atom is 0.133 e. The van der Waals surface area contributed by atoms with Crippen molar-refractivity contribution >= 4 is 11.6 Å². The van der Waals surface area contributed by atoms with Crippen LogP contribution in [0.1, 0.15) is 24.8 Å². The number of allylic oxidation sites excluding steroid dienone is 1. The number of nitrogens with one attached hydrogen (secondary N) is 1. The number of nitrogens with zero attached hydrogens (tertiary/aromatic N) is 1. The number of halogens is 1. The molecule has 2 rings (SSSR count). The molecule has 80 valence electrons. The van der Waals surface area contributed by atoms with Crippen LogP contribution < -0.4 is 5.32 Å². The molecule has 0 saturated heterocycles. The van der Waals surface area contributed by atoms with Gasteiger partial charge in [-0.05, 0) is 25.3 Å². The SMILES string of the molecule is Clc1ncccc1CNC1C=CCCC1. The van der Waals surface area contributed by atoms with Crippen molar-refractivity contribution in [1.82, 2.24) is 10.3 Å². The van der Waals surface area contributed by atoms with E-state index in [1.54, 1.807) is 6.20 Å². The molecule has 15 heavy (non-hydrogen) atoms. The van der Waals surface area contributed by atoms with Crippen molar-refractivity contribution in [3.05, 3.63) is 41.2 Å². The standard InChI is InChI=1S/C12H15ClN2/c13-12-10(5-4-8-14-12)9-15-11-6-2-1-3-7-11/h2,4-6,8,11,15H,1,3,7,9H2. The molecule has 1 N–H and O–H groups in total. The van der Waals surface area contributed by atoms with Crippen molar-refractivity contribution in [2.24, 2.45) is 0 Å². The van der Waals surface area contributed by atoms with Gasteiger partial charge in [-0.1, -0.05) is 29.8 Å². The first-order valence-electron chi connectivity index (χ1n) is 5.36. The summed E-state index contributed by atoms with van der Waals surface area (Å²) in [5, 5.41) is 4.07. The highest BCUT2D eigenvalue weighted by atomic mass is 35.5. The Morgan fingerprint density at radius 1 is 1.53 bits per heavy atom. The van der Waals surface area contributed by atoms with Gasteiger partial charge in [-0.3, -0.25) is 0 Å². The Morgan fingerprint density at radius 2 is 2.47 bits per heavy atom. The van der Waals surface area contributed by atoms with Gasteiger partial charge in [0.15, 0.2) is 0 Å². The molecule has 1 aromatic heterocycles. The largest absolute Gasteiger partial charge is 0.306 e. The number of rotatable bonds is 3. The average molecular weight is 223 g/mol. The van der Waals surface area contributed by atoms with Crippen molar-refractivity contribution in [3.63, 3.8) is 0 Å². The smallest absolute Gasteiger partial charge is 0.133 e. The molecule has 0 saturated carbocycles. The molecule has 1 heterocycles. The van der Waals surface area contributed by atoms with E-state index >= 15 is 0 Å². The number of pyridine rings is 1. The first kappa shape index (κ1) is 10.7. The Morgan fingerprint density at radius 3 is 3.20 bits per heavy atom. The van der Waals surface area contributed by atoms with Crippen molar-refractivity contribution in [2.45, 2.75) is 31.8 Å². The predicted molar refractivity (Wildman–Crippen MR) is 62.9 cm³/mol. The normalized spacial score (nSPS) is 20.5. The van der Waals surface area contributed by atoms with Crippen molar-refractivity contribution in [3.8, 4) is 0 Å². The van der Waals surface area contributed by atoms with Crippen LogP contribution >= 0.6 is 11.6 Å². The van der Waals surface area contributed by atoms with Gasteiger partial charge < -0.3 is 5.32 Å². The summed E-state index contributed by atoms with van der Waals surface area (Å²) in [6.45, 7) is 0.793. The number of hydrogen-bond donors (Lipinski definition) is 1. The molecular formula is C12H15ClN2. The lowest BCUT2D eigenvalue weighted by Crippen LogP contribution is -2.27. The van der Waals surface area contributed by atoms with Crippen molar-refractivity contribution < 1.29 is 0 Å². The van der Waals surface area contributed by atoms with Gasteiger partial charge in [-0.25, -0.2) is 4.98 Å². The highest BCUT2D eigenvalue weighted by molar-refractivity contribution is 6.30. The summed E-state index contributed by atoms with van der Waals surface area (Å²) in [5.74, 6) is 0. The lowest BCUT2D eigenvalue weighted by Gasteiger charge is -2.18. The van der Waals surface area contributed by atoms with E-state index in [2.05, 4.69) is 22.5 Å². The Kier molecular flexibility index (Phi) is 3.75. The molecule has 0 aromatic carbocycles. The number of aromatic nitrogens is 1. The molecule has 0 spiro atoms. The summed E-state index contributed by atoms with van der Waals surface area (Å²) in [5.41, 5.74) is 1.07. The van der Waals surface area contributed by atoms with E-state index in [9.17, 15) is 0 Å². The molecule has 0 fully saturated rings. The molecule has 2 nitrogen and oxygen atoms in total. The van der Waals surface area contributed by atoms with E-state index in [-0.39, 0.29) is 0 Å². The van der Waals surface area contributed by atoms with Crippen LogP contribution in [0.15, 0.2) is 30.5 Å². The Balaban J connectivity index is 1.90. The summed E-state index contributed by atoms with van der Waals surface area (Å²) in [4.78, 5) is 4.05. The van der Waals surface area contributed by atoms with E-state index in [4.69, 9.17) is 11.6 Å². The molecule has 1 aliphatic rings. The second kappa shape index (κ2) is 5.29. The van der Waals surface area contributed by atoms with Crippen LogP contribution in [-0.4, -0.2) is 11.0 Å². The summed E-state index contributed by atoms with van der Waals surface area (Å²) in [7, 11) is 0. The third kappa shape index (κ3) is 3.05. The van der Waals surface area contributed by atoms with Crippen LogP contribution in [0.4, 0.5) is 0 Å². The molecule has 1 atom stereocenters. The Labute approximate surface area is 95.4 Å². The summed E-state index contributed by atoms with van der Waals surface area (Å²) in [6, 6.07) is 4.42. The lowest BCUT2D eigenvalue weighted by molar-refractivity contribution is 0.522. The van der Waals surface area contributed by atoms with Crippen molar-refractivity contribution in [1.29, 1.82) is 0 Å². The zero-order valence-electron chi connectivity index (χ0n) is 8.62. The molecule has 0 radical (unpaired) electrons. The molecule has 0 aliphatic heterocycles. The maximum absolute atomic E-state index is 5.97. The van der Waals surface area contributed by atoms with Gasteiger partial charge in [0.05, 0.1) is 0 Å². The van der Waals surface area contributed by atoms with Crippen LogP contribution in [0.3, 0.4) is 0 Å². The van der Waals surface area contributed by atoms with Gasteiger partial charge in [0, 0.05) is 24.3 Å². The fraction of sp³-hybridized carbons (Fsp3) is 0.417. The van der Waals surface area contributed by atoms with E-state index in [0.29, 0.717) is 11.2 Å². The summed E-state index contributed by atoms with van der Waals surface area (Å²) < 4.78 is 0. The minimum absolute atomic E-state index is 0.495. The first-order valence-corrected chi connectivity index (χ1v) is 5.73. The van der Waals surface area contributed by atoms with Crippen LogP contribution in [0.25, 0.3) is 0 Å². The van der Waals surface area contributed by atoms with Crippen molar-refractivity contribution in [2.75, 3.05) is 0 Å². The van der Waals surface area contributed by atoms with Gasteiger partial charge in [-0.15, -0.1) is 0 Å². The zero-order valence-corrected chi connectivity index (χ0v) is 9.37. The molecule has 3 heteroatoms. The van der Waals surface area contributed by atoms with E-state index < -0.39 is 0 Å².